The third-order valence-corrected chi connectivity index (χ3v) is 4.44. The van der Waals surface area contributed by atoms with Gasteiger partial charge in [-0.1, -0.05) is 22.9 Å². The van der Waals surface area contributed by atoms with E-state index in [0.717, 1.165) is 10.2 Å². The molecule has 0 spiro atoms. The molecule has 0 bridgehead atoms. The second-order valence-corrected chi connectivity index (χ2v) is 6.40. The van der Waals surface area contributed by atoms with Crippen LogP contribution in [0.5, 0.6) is 0 Å². The van der Waals surface area contributed by atoms with E-state index >= 15 is 0 Å². The number of carbonyl (C=O) groups is 2. The molecule has 2 aromatic rings. The van der Waals surface area contributed by atoms with E-state index in [1.165, 1.54) is 11.3 Å². The predicted molar refractivity (Wildman–Crippen MR) is 81.0 cm³/mol. The third-order valence-electron chi connectivity index (χ3n) is 3.27. The number of thiazole rings is 1. The monoisotopic (exact) mass is 325 g/mol. The van der Waals surface area contributed by atoms with Crippen molar-refractivity contribution in [1.82, 2.24) is 9.88 Å². The van der Waals surface area contributed by atoms with Gasteiger partial charge in [0.05, 0.1) is 16.6 Å². The lowest BCUT2D eigenvalue weighted by Gasteiger charge is -2.38. The zero-order chi connectivity index (χ0) is 15.0. The fourth-order valence-corrected chi connectivity index (χ4v) is 3.37. The Morgan fingerprint density at radius 2 is 2.24 bits per heavy atom. The number of halogens is 1. The molecule has 1 aromatic carbocycles. The van der Waals surface area contributed by atoms with Gasteiger partial charge in [0, 0.05) is 24.0 Å². The summed E-state index contributed by atoms with van der Waals surface area (Å²) >= 11 is 7.26. The summed E-state index contributed by atoms with van der Waals surface area (Å²) in [5.41, 5.74) is 0.784. The summed E-state index contributed by atoms with van der Waals surface area (Å²) in [4.78, 5) is 28.4. The van der Waals surface area contributed by atoms with Gasteiger partial charge in [-0.05, 0) is 18.2 Å². The number of benzene rings is 1. The molecule has 1 saturated heterocycles. The maximum atomic E-state index is 12.0. The normalized spacial score (nSPS) is 15.0. The number of urea groups is 1. The summed E-state index contributed by atoms with van der Waals surface area (Å²) in [5.74, 6) is -0.787. The van der Waals surface area contributed by atoms with Crippen LogP contribution in [0.25, 0.3) is 10.2 Å². The molecule has 3 rings (SSSR count). The van der Waals surface area contributed by atoms with Crippen LogP contribution in [0.15, 0.2) is 18.2 Å². The molecular formula is C13H12ClN3O3S. The summed E-state index contributed by atoms with van der Waals surface area (Å²) < 4.78 is 0.908. The van der Waals surface area contributed by atoms with Gasteiger partial charge >= 0.3 is 12.0 Å². The fraction of sp³-hybridized carbons (Fsp3) is 0.308. The maximum Gasteiger partial charge on any atom is 0.323 e. The number of carboxylic acid groups (broad SMARTS) is 1. The van der Waals surface area contributed by atoms with Crippen molar-refractivity contribution in [3.63, 3.8) is 0 Å². The molecule has 1 aliphatic heterocycles. The summed E-state index contributed by atoms with van der Waals surface area (Å²) in [5, 5.41) is 12.5. The highest BCUT2D eigenvalue weighted by Crippen LogP contribution is 2.29. The van der Waals surface area contributed by atoms with Crippen LogP contribution in [0.4, 0.5) is 9.93 Å². The van der Waals surface area contributed by atoms with E-state index in [4.69, 9.17) is 16.7 Å². The van der Waals surface area contributed by atoms with Crippen molar-refractivity contribution >= 4 is 50.3 Å². The van der Waals surface area contributed by atoms with Gasteiger partial charge in [0.15, 0.2) is 5.13 Å². The molecule has 0 atom stereocenters. The Hall–Kier alpha value is -1.86. The molecule has 1 fully saturated rings. The highest BCUT2D eigenvalue weighted by atomic mass is 35.5. The standard InChI is InChI=1S/C13H12ClN3O3S/c14-8-1-2-9-10(4-8)21-12(15-9)16-13(20)17-5-7(6-17)3-11(18)19/h1-2,4,7H,3,5-6H2,(H,18,19)(H,15,16,20). The zero-order valence-corrected chi connectivity index (χ0v) is 12.4. The van der Waals surface area contributed by atoms with E-state index in [9.17, 15) is 9.59 Å². The SMILES string of the molecule is O=C(O)CC1CN(C(=O)Nc2nc3ccc(Cl)cc3s2)C1. The van der Waals surface area contributed by atoms with Gasteiger partial charge in [0.2, 0.25) is 0 Å². The summed E-state index contributed by atoms with van der Waals surface area (Å²) in [7, 11) is 0. The second kappa shape index (κ2) is 5.50. The number of carbonyl (C=O) groups excluding carboxylic acids is 1. The molecule has 110 valence electrons. The lowest BCUT2D eigenvalue weighted by Crippen LogP contribution is -2.52. The number of hydrogen-bond donors (Lipinski definition) is 2. The molecule has 0 saturated carbocycles. The molecule has 0 unspecified atom stereocenters. The lowest BCUT2D eigenvalue weighted by atomic mass is 9.97. The number of anilines is 1. The molecule has 6 nitrogen and oxygen atoms in total. The van der Waals surface area contributed by atoms with Gasteiger partial charge in [-0.15, -0.1) is 0 Å². The first-order chi connectivity index (χ1) is 10.0. The fourth-order valence-electron chi connectivity index (χ4n) is 2.23. The van der Waals surface area contributed by atoms with Crippen molar-refractivity contribution in [2.45, 2.75) is 6.42 Å². The minimum absolute atomic E-state index is 0.0439. The Kier molecular flexibility index (Phi) is 3.69. The van der Waals surface area contributed by atoms with E-state index in [1.54, 1.807) is 23.1 Å². The van der Waals surface area contributed by atoms with Gasteiger partial charge in [0.1, 0.15) is 0 Å². The molecule has 0 radical (unpaired) electrons. The highest BCUT2D eigenvalue weighted by molar-refractivity contribution is 7.22. The molecule has 2 N–H and O–H groups in total. The number of nitrogens with zero attached hydrogens (tertiary/aromatic N) is 2. The number of hydrogen-bond acceptors (Lipinski definition) is 4. The predicted octanol–water partition coefficient (Wildman–Crippen LogP) is 2.89. The van der Waals surface area contributed by atoms with Crippen LogP contribution in [0.2, 0.25) is 5.02 Å². The van der Waals surface area contributed by atoms with Gasteiger partial charge in [-0.25, -0.2) is 9.78 Å². The van der Waals surface area contributed by atoms with Crippen molar-refractivity contribution < 1.29 is 14.7 Å². The molecular weight excluding hydrogens is 314 g/mol. The van der Waals surface area contributed by atoms with E-state index in [-0.39, 0.29) is 18.4 Å². The van der Waals surface area contributed by atoms with Crippen molar-refractivity contribution in [1.29, 1.82) is 0 Å². The first-order valence-corrected chi connectivity index (χ1v) is 7.54. The smallest absolute Gasteiger partial charge is 0.323 e. The Labute approximate surface area is 129 Å². The number of rotatable bonds is 3. The number of aliphatic carboxylic acids is 1. The Balaban J connectivity index is 1.61. The van der Waals surface area contributed by atoms with Crippen LogP contribution in [-0.4, -0.2) is 40.1 Å². The Morgan fingerprint density at radius 1 is 1.48 bits per heavy atom. The Bertz CT molecular complexity index is 712. The third kappa shape index (κ3) is 3.08. The first kappa shape index (κ1) is 14.1. The van der Waals surface area contributed by atoms with Crippen LogP contribution in [0.1, 0.15) is 6.42 Å². The van der Waals surface area contributed by atoms with Crippen LogP contribution in [-0.2, 0) is 4.79 Å². The van der Waals surface area contributed by atoms with Gasteiger partial charge in [0.25, 0.3) is 0 Å². The molecule has 1 aromatic heterocycles. The molecule has 21 heavy (non-hydrogen) atoms. The van der Waals surface area contributed by atoms with Gasteiger partial charge < -0.3 is 10.0 Å². The quantitative estimate of drug-likeness (QED) is 0.909. The molecule has 0 aliphatic carbocycles. The summed E-state index contributed by atoms with van der Waals surface area (Å²) in [6, 6.07) is 5.11. The summed E-state index contributed by atoms with van der Waals surface area (Å²) in [6.07, 6.45) is 0.101. The van der Waals surface area contributed by atoms with E-state index in [1.807, 2.05) is 0 Å². The lowest BCUT2D eigenvalue weighted by molar-refractivity contribution is -0.139. The molecule has 2 amide bonds. The number of nitrogens with one attached hydrogen (secondary N) is 1. The number of likely N-dealkylation sites (tertiary alicyclic amines) is 1. The molecule has 2 heterocycles. The van der Waals surface area contributed by atoms with E-state index in [2.05, 4.69) is 10.3 Å². The average molecular weight is 326 g/mol. The second-order valence-electron chi connectivity index (χ2n) is 4.93. The van der Waals surface area contributed by atoms with Crippen molar-refractivity contribution in [3.8, 4) is 0 Å². The topological polar surface area (TPSA) is 82.5 Å². The van der Waals surface area contributed by atoms with Crippen molar-refractivity contribution in [2.75, 3.05) is 18.4 Å². The van der Waals surface area contributed by atoms with E-state index < -0.39 is 5.97 Å². The number of aromatic nitrogens is 1. The van der Waals surface area contributed by atoms with Crippen LogP contribution in [0.3, 0.4) is 0 Å². The van der Waals surface area contributed by atoms with Crippen molar-refractivity contribution in [3.05, 3.63) is 23.2 Å². The van der Waals surface area contributed by atoms with E-state index in [0.29, 0.717) is 23.2 Å². The minimum Gasteiger partial charge on any atom is -0.481 e. The van der Waals surface area contributed by atoms with Gasteiger partial charge in [-0.2, -0.15) is 0 Å². The van der Waals surface area contributed by atoms with Crippen LogP contribution >= 0.6 is 22.9 Å². The number of amides is 2. The largest absolute Gasteiger partial charge is 0.481 e. The van der Waals surface area contributed by atoms with Crippen LogP contribution in [0, 0.1) is 5.92 Å². The number of carboxylic acids is 1. The Morgan fingerprint density at radius 3 is 2.95 bits per heavy atom. The highest BCUT2D eigenvalue weighted by Gasteiger charge is 2.32. The van der Waals surface area contributed by atoms with Crippen molar-refractivity contribution in [2.24, 2.45) is 5.92 Å². The molecule has 1 aliphatic rings. The first-order valence-electron chi connectivity index (χ1n) is 6.35. The minimum atomic E-state index is -0.830. The van der Waals surface area contributed by atoms with Crippen LogP contribution < -0.4 is 5.32 Å². The molecule has 8 heteroatoms. The number of fused-ring (bicyclic) bond motifs is 1. The maximum absolute atomic E-state index is 12.0. The van der Waals surface area contributed by atoms with Gasteiger partial charge in [-0.3, -0.25) is 10.1 Å². The summed E-state index contributed by atoms with van der Waals surface area (Å²) in [6.45, 7) is 0.934. The average Bonchev–Trinajstić information content (AvgIpc) is 2.73. The zero-order valence-electron chi connectivity index (χ0n) is 10.9.